The summed E-state index contributed by atoms with van der Waals surface area (Å²) in [7, 11) is -0.468. The molecule has 1 aromatic rings. The molecule has 140 valence electrons. The maximum absolute atomic E-state index is 11.5. The van der Waals surface area contributed by atoms with Crippen molar-refractivity contribution in [1.82, 2.24) is 10.6 Å². The molecule has 2 aliphatic rings. The van der Waals surface area contributed by atoms with Crippen molar-refractivity contribution in [3.8, 4) is 0 Å². The van der Waals surface area contributed by atoms with Crippen LogP contribution in [0.5, 0.6) is 0 Å². The molecule has 2 heterocycles. The van der Waals surface area contributed by atoms with Crippen LogP contribution in [0, 0.1) is 0 Å². The Morgan fingerprint density at radius 1 is 1.27 bits per heavy atom. The zero-order chi connectivity index (χ0) is 18.9. The molecule has 0 spiro atoms. The normalized spacial score (nSPS) is 21.4. The summed E-state index contributed by atoms with van der Waals surface area (Å²) in [5, 5.41) is 6.31. The Balaban J connectivity index is 1.95. The summed E-state index contributed by atoms with van der Waals surface area (Å²) >= 11 is 0. The molecule has 0 aromatic heterocycles. The maximum Gasteiger partial charge on any atom is 0.492 e. The first-order valence-electron chi connectivity index (χ1n) is 9.32. The van der Waals surface area contributed by atoms with E-state index in [-0.39, 0.29) is 5.91 Å². The number of rotatable bonds is 4. The molecule has 0 unspecified atom stereocenters. The lowest BCUT2D eigenvalue weighted by Gasteiger charge is -2.32. The minimum absolute atomic E-state index is 0.0632. The fourth-order valence-electron chi connectivity index (χ4n) is 3.32. The second kappa shape index (κ2) is 7.18. The lowest BCUT2D eigenvalue weighted by atomic mass is 9.76. The molecule has 0 saturated carbocycles. The Hall–Kier alpha value is -1.63. The van der Waals surface area contributed by atoms with Gasteiger partial charge >= 0.3 is 7.12 Å². The Kier molecular flexibility index (Phi) is 5.29. The van der Waals surface area contributed by atoms with Gasteiger partial charge in [0.25, 0.3) is 0 Å². The highest BCUT2D eigenvalue weighted by Gasteiger charge is 2.52. The van der Waals surface area contributed by atoms with E-state index in [1.165, 1.54) is 23.6 Å². The molecule has 26 heavy (non-hydrogen) atoms. The fraction of sp³-hybridized carbons (Fsp3) is 0.550. The van der Waals surface area contributed by atoms with Crippen molar-refractivity contribution < 1.29 is 14.1 Å². The van der Waals surface area contributed by atoms with Gasteiger partial charge in [-0.15, -0.1) is 0 Å². The van der Waals surface area contributed by atoms with Gasteiger partial charge in [0.2, 0.25) is 5.91 Å². The fourth-order valence-corrected chi connectivity index (χ4v) is 3.32. The summed E-state index contributed by atoms with van der Waals surface area (Å²) in [6, 6.07) is 6.38. The van der Waals surface area contributed by atoms with Crippen molar-refractivity contribution in [2.75, 3.05) is 13.1 Å². The lowest BCUT2D eigenvalue weighted by molar-refractivity contribution is -0.118. The van der Waals surface area contributed by atoms with Crippen LogP contribution in [-0.2, 0) is 27.1 Å². The largest absolute Gasteiger partial charge is 0.492 e. The van der Waals surface area contributed by atoms with E-state index >= 15 is 0 Å². The molecule has 1 aromatic carbocycles. The molecule has 0 bridgehead atoms. The Morgan fingerprint density at radius 2 is 1.96 bits per heavy atom. The lowest BCUT2D eigenvalue weighted by Crippen LogP contribution is -2.41. The highest BCUT2D eigenvalue weighted by molar-refractivity contribution is 6.56. The third kappa shape index (κ3) is 3.87. The average molecular weight is 356 g/mol. The number of hydrogen-bond acceptors (Lipinski definition) is 4. The van der Waals surface area contributed by atoms with Crippen molar-refractivity contribution in [3.05, 3.63) is 40.4 Å². The first kappa shape index (κ1) is 19.1. The zero-order valence-electron chi connectivity index (χ0n) is 16.4. The van der Waals surface area contributed by atoms with Gasteiger partial charge in [0.05, 0.1) is 11.2 Å². The monoisotopic (exact) mass is 356 g/mol. The topological polar surface area (TPSA) is 59.6 Å². The van der Waals surface area contributed by atoms with E-state index in [1.54, 1.807) is 0 Å². The van der Waals surface area contributed by atoms with E-state index in [0.29, 0.717) is 6.54 Å². The highest BCUT2D eigenvalue weighted by Crippen LogP contribution is 2.39. The molecule has 5 nitrogen and oxygen atoms in total. The van der Waals surface area contributed by atoms with E-state index in [4.69, 9.17) is 9.31 Å². The predicted octanol–water partition coefficient (Wildman–Crippen LogP) is 2.48. The number of carbonyl (C=O) groups excluding carboxylic acids is 1. The number of fused-ring (bicyclic) bond motifs is 1. The standard InChI is InChI=1S/C20H29BN2O3/c1-14(24)23-13-17(21-25-19(2,3)20(4,5)26-21)11-15-7-6-8-16-12-22-10-9-18(15)16/h6-8,11,22H,9-10,12-13H2,1-5H3,(H,23,24). The van der Waals surface area contributed by atoms with E-state index in [0.717, 1.165) is 25.0 Å². The zero-order valence-corrected chi connectivity index (χ0v) is 16.4. The third-order valence-electron chi connectivity index (χ3n) is 5.61. The summed E-state index contributed by atoms with van der Waals surface area (Å²) in [5.74, 6) is -0.0632. The van der Waals surface area contributed by atoms with Crippen LogP contribution in [0.15, 0.2) is 23.7 Å². The van der Waals surface area contributed by atoms with Crippen LogP contribution in [-0.4, -0.2) is 37.3 Å². The first-order chi connectivity index (χ1) is 12.2. The second-order valence-electron chi connectivity index (χ2n) is 8.13. The SMILES string of the molecule is CC(=O)NCC(=Cc1cccc2c1CCNC2)B1OC(C)(C)C(C)(C)O1. The number of carbonyl (C=O) groups is 1. The van der Waals surface area contributed by atoms with Gasteiger partial charge in [-0.2, -0.15) is 0 Å². The van der Waals surface area contributed by atoms with Crippen molar-refractivity contribution >= 4 is 19.1 Å². The smallest absolute Gasteiger partial charge is 0.400 e. The Bertz CT molecular complexity index is 712. The van der Waals surface area contributed by atoms with Crippen molar-refractivity contribution in [2.24, 2.45) is 0 Å². The van der Waals surface area contributed by atoms with Gasteiger partial charge < -0.3 is 19.9 Å². The molecular weight excluding hydrogens is 327 g/mol. The number of hydrogen-bond donors (Lipinski definition) is 2. The van der Waals surface area contributed by atoms with Crippen LogP contribution in [0.25, 0.3) is 6.08 Å². The molecular formula is C20H29BN2O3. The third-order valence-corrected chi connectivity index (χ3v) is 5.61. The minimum Gasteiger partial charge on any atom is -0.400 e. The van der Waals surface area contributed by atoms with Crippen LogP contribution in [0.4, 0.5) is 0 Å². The van der Waals surface area contributed by atoms with E-state index in [2.05, 4.69) is 34.9 Å². The summed E-state index contributed by atoms with van der Waals surface area (Å²) in [6.45, 7) is 12.0. The van der Waals surface area contributed by atoms with Gasteiger partial charge in [0.1, 0.15) is 0 Å². The molecule has 1 fully saturated rings. The van der Waals surface area contributed by atoms with Gasteiger partial charge in [-0.05, 0) is 62.8 Å². The molecule has 6 heteroatoms. The van der Waals surface area contributed by atoms with Crippen LogP contribution in [0.3, 0.4) is 0 Å². The van der Waals surface area contributed by atoms with Crippen LogP contribution >= 0.6 is 0 Å². The van der Waals surface area contributed by atoms with E-state index in [1.807, 2.05) is 27.7 Å². The summed E-state index contributed by atoms with van der Waals surface area (Å²) in [6.07, 6.45) is 3.13. The van der Waals surface area contributed by atoms with Crippen LogP contribution in [0.1, 0.15) is 51.3 Å². The number of amides is 1. The molecule has 1 amide bonds. The first-order valence-corrected chi connectivity index (χ1v) is 9.32. The van der Waals surface area contributed by atoms with Gasteiger partial charge in [-0.1, -0.05) is 24.3 Å². The second-order valence-corrected chi connectivity index (χ2v) is 8.13. The highest BCUT2D eigenvalue weighted by atomic mass is 16.7. The average Bonchev–Trinajstić information content (AvgIpc) is 2.79. The van der Waals surface area contributed by atoms with Crippen LogP contribution in [0.2, 0.25) is 0 Å². The molecule has 2 N–H and O–H groups in total. The van der Waals surface area contributed by atoms with Gasteiger partial charge in [0.15, 0.2) is 0 Å². The molecule has 3 rings (SSSR count). The summed E-state index contributed by atoms with van der Waals surface area (Å²) in [4.78, 5) is 11.5. The Morgan fingerprint density at radius 3 is 2.62 bits per heavy atom. The van der Waals surface area contributed by atoms with Gasteiger partial charge in [-0.3, -0.25) is 4.79 Å². The van der Waals surface area contributed by atoms with E-state index in [9.17, 15) is 4.79 Å². The van der Waals surface area contributed by atoms with Crippen LogP contribution < -0.4 is 10.6 Å². The molecule has 2 aliphatic heterocycles. The molecule has 1 saturated heterocycles. The summed E-state index contributed by atoms with van der Waals surface area (Å²) in [5.41, 5.74) is 3.99. The van der Waals surface area contributed by atoms with Crippen molar-refractivity contribution in [1.29, 1.82) is 0 Å². The quantitative estimate of drug-likeness (QED) is 0.814. The van der Waals surface area contributed by atoms with Crippen molar-refractivity contribution in [2.45, 2.75) is 58.8 Å². The van der Waals surface area contributed by atoms with Gasteiger partial charge in [-0.25, -0.2) is 0 Å². The Labute approximate surface area is 156 Å². The number of benzene rings is 1. The number of nitrogens with one attached hydrogen (secondary N) is 2. The van der Waals surface area contributed by atoms with E-state index < -0.39 is 18.3 Å². The molecule has 0 atom stereocenters. The molecule has 0 radical (unpaired) electrons. The van der Waals surface area contributed by atoms with Gasteiger partial charge in [0, 0.05) is 20.0 Å². The summed E-state index contributed by atoms with van der Waals surface area (Å²) < 4.78 is 12.4. The van der Waals surface area contributed by atoms with Crippen molar-refractivity contribution in [3.63, 3.8) is 0 Å². The predicted molar refractivity (Wildman–Crippen MR) is 105 cm³/mol. The molecule has 0 aliphatic carbocycles. The maximum atomic E-state index is 11.5. The minimum atomic E-state index is -0.468.